The maximum Gasteiger partial charge on any atom is 0.339 e. The van der Waals surface area contributed by atoms with Gasteiger partial charge in [0, 0.05) is 6.42 Å². The minimum absolute atomic E-state index is 0.0494. The summed E-state index contributed by atoms with van der Waals surface area (Å²) in [5.74, 6) is -0.480. The summed E-state index contributed by atoms with van der Waals surface area (Å²) in [6.45, 7) is 4.17. The van der Waals surface area contributed by atoms with Crippen LogP contribution in [-0.4, -0.2) is 19.0 Å². The van der Waals surface area contributed by atoms with Crippen LogP contribution >= 0.6 is 0 Å². The van der Waals surface area contributed by atoms with E-state index in [9.17, 15) is 9.59 Å². The van der Waals surface area contributed by atoms with Crippen molar-refractivity contribution < 1.29 is 14.3 Å². The van der Waals surface area contributed by atoms with Gasteiger partial charge in [-0.2, -0.15) is 0 Å². The minimum atomic E-state index is -0.431. The third-order valence-corrected chi connectivity index (χ3v) is 5.52. The number of unbranched alkanes of at least 4 members (excludes halogenated alkanes) is 11. The Morgan fingerprint density at radius 1 is 0.871 bits per heavy atom. The molecule has 1 aromatic carbocycles. The lowest BCUT2D eigenvalue weighted by Gasteiger charge is -2.10. The Bertz CT molecular complexity index is 666. The number of ether oxygens (including phenoxy) is 1. The average molecular weight is 430 g/mol. The van der Waals surface area contributed by atoms with E-state index in [0.29, 0.717) is 17.7 Å². The molecule has 174 valence electrons. The highest BCUT2D eigenvalue weighted by Gasteiger charge is 2.14. The third kappa shape index (κ3) is 13.0. The standard InChI is InChI=1S/C27H43NO3/c1-4-5-6-7-8-9-10-11-12-13-14-15-16-17-18-19-26(29)28-25-21-20-23(2)22-24(25)27(30)31-3/h11-12,20-22H,4-10,13-19H2,1-3H3,(H,28,29)/b12-11-. The Morgan fingerprint density at radius 3 is 2.06 bits per heavy atom. The molecule has 0 unspecified atom stereocenters. The molecule has 31 heavy (non-hydrogen) atoms. The van der Waals surface area contributed by atoms with E-state index in [0.717, 1.165) is 24.8 Å². The number of carbonyl (C=O) groups excluding carboxylic acids is 2. The highest BCUT2D eigenvalue weighted by molar-refractivity contribution is 6.01. The van der Waals surface area contributed by atoms with Crippen molar-refractivity contribution in [2.75, 3.05) is 12.4 Å². The lowest BCUT2D eigenvalue weighted by molar-refractivity contribution is -0.116. The van der Waals surface area contributed by atoms with E-state index in [1.165, 1.54) is 71.3 Å². The van der Waals surface area contributed by atoms with E-state index < -0.39 is 5.97 Å². The molecule has 1 rings (SSSR count). The van der Waals surface area contributed by atoms with Crippen molar-refractivity contribution in [3.8, 4) is 0 Å². The number of rotatable bonds is 17. The number of carbonyl (C=O) groups is 2. The lowest BCUT2D eigenvalue weighted by atomic mass is 10.1. The summed E-state index contributed by atoms with van der Waals surface area (Å²) in [7, 11) is 1.35. The fraction of sp³-hybridized carbons (Fsp3) is 0.630. The molecule has 0 aliphatic rings. The zero-order valence-electron chi connectivity index (χ0n) is 20.0. The van der Waals surface area contributed by atoms with Crippen molar-refractivity contribution in [1.29, 1.82) is 0 Å². The SMILES string of the molecule is CCCCCCCC/C=C\CCCCCCCC(=O)Nc1ccc(C)cc1C(=O)OC. The molecule has 1 N–H and O–H groups in total. The van der Waals surface area contributed by atoms with Gasteiger partial charge in [0.25, 0.3) is 0 Å². The zero-order chi connectivity index (χ0) is 22.7. The summed E-state index contributed by atoms with van der Waals surface area (Å²) in [4.78, 5) is 24.1. The molecule has 4 heteroatoms. The van der Waals surface area contributed by atoms with Gasteiger partial charge >= 0.3 is 5.97 Å². The first-order valence-electron chi connectivity index (χ1n) is 12.2. The van der Waals surface area contributed by atoms with Crippen LogP contribution in [0.2, 0.25) is 0 Å². The topological polar surface area (TPSA) is 55.4 Å². The van der Waals surface area contributed by atoms with Crippen LogP contribution in [0.1, 0.15) is 113 Å². The van der Waals surface area contributed by atoms with Crippen molar-refractivity contribution in [3.05, 3.63) is 41.5 Å². The Balaban J connectivity index is 2.07. The van der Waals surface area contributed by atoms with Crippen LogP contribution in [0, 0.1) is 6.92 Å². The van der Waals surface area contributed by atoms with Gasteiger partial charge in [0.05, 0.1) is 18.4 Å². The molecule has 0 saturated heterocycles. The van der Waals surface area contributed by atoms with Crippen LogP contribution in [0.15, 0.2) is 30.4 Å². The normalized spacial score (nSPS) is 11.1. The first-order chi connectivity index (χ1) is 15.1. The van der Waals surface area contributed by atoms with Gasteiger partial charge in [0.2, 0.25) is 5.91 Å². The number of esters is 1. The molecule has 1 aromatic rings. The van der Waals surface area contributed by atoms with Crippen molar-refractivity contribution >= 4 is 17.6 Å². The highest BCUT2D eigenvalue weighted by Crippen LogP contribution is 2.19. The molecular formula is C27H43NO3. The summed E-state index contributed by atoms with van der Waals surface area (Å²) in [6, 6.07) is 5.38. The largest absolute Gasteiger partial charge is 0.465 e. The fourth-order valence-electron chi connectivity index (χ4n) is 3.61. The summed E-state index contributed by atoms with van der Waals surface area (Å²) < 4.78 is 4.81. The number of methoxy groups -OCH3 is 1. The monoisotopic (exact) mass is 429 g/mol. The zero-order valence-corrected chi connectivity index (χ0v) is 20.0. The second-order valence-electron chi connectivity index (χ2n) is 8.42. The predicted octanol–water partition coefficient (Wildman–Crippen LogP) is 7.76. The van der Waals surface area contributed by atoms with Crippen LogP contribution in [-0.2, 0) is 9.53 Å². The number of benzene rings is 1. The summed E-state index contributed by atoms with van der Waals surface area (Å²) in [5, 5.41) is 2.85. The molecule has 0 bridgehead atoms. The number of hydrogen-bond acceptors (Lipinski definition) is 3. The summed E-state index contributed by atoms with van der Waals surface area (Å²) in [5.41, 5.74) is 1.88. The van der Waals surface area contributed by atoms with Gasteiger partial charge in [-0.15, -0.1) is 0 Å². The average Bonchev–Trinajstić information content (AvgIpc) is 2.77. The molecule has 0 heterocycles. The molecule has 0 saturated carbocycles. The molecule has 0 spiro atoms. The first kappa shape index (κ1) is 26.9. The number of aryl methyl sites for hydroxylation is 1. The number of amides is 1. The van der Waals surface area contributed by atoms with Gasteiger partial charge in [-0.25, -0.2) is 4.79 Å². The smallest absolute Gasteiger partial charge is 0.339 e. The van der Waals surface area contributed by atoms with Gasteiger partial charge in [-0.05, 0) is 51.2 Å². The van der Waals surface area contributed by atoms with Gasteiger partial charge in [0.15, 0.2) is 0 Å². The first-order valence-corrected chi connectivity index (χ1v) is 12.2. The van der Waals surface area contributed by atoms with E-state index in [1.807, 2.05) is 13.0 Å². The molecular weight excluding hydrogens is 386 g/mol. The van der Waals surface area contributed by atoms with E-state index in [1.54, 1.807) is 12.1 Å². The lowest BCUT2D eigenvalue weighted by Crippen LogP contribution is -2.15. The fourth-order valence-corrected chi connectivity index (χ4v) is 3.61. The van der Waals surface area contributed by atoms with Crippen molar-refractivity contribution in [2.45, 2.75) is 104 Å². The Labute approximate surface area is 189 Å². The quantitative estimate of drug-likeness (QED) is 0.156. The van der Waals surface area contributed by atoms with Gasteiger partial charge in [-0.3, -0.25) is 4.79 Å². The van der Waals surface area contributed by atoms with Crippen LogP contribution in [0.5, 0.6) is 0 Å². The van der Waals surface area contributed by atoms with Gasteiger partial charge in [-0.1, -0.05) is 82.1 Å². The number of anilines is 1. The molecule has 4 nitrogen and oxygen atoms in total. The summed E-state index contributed by atoms with van der Waals surface area (Å²) >= 11 is 0. The van der Waals surface area contributed by atoms with Crippen LogP contribution in [0.3, 0.4) is 0 Å². The molecule has 0 atom stereocenters. The molecule has 0 aliphatic carbocycles. The van der Waals surface area contributed by atoms with Crippen molar-refractivity contribution in [2.24, 2.45) is 0 Å². The molecule has 0 aliphatic heterocycles. The van der Waals surface area contributed by atoms with Crippen molar-refractivity contribution in [3.63, 3.8) is 0 Å². The molecule has 0 aromatic heterocycles. The maximum atomic E-state index is 12.2. The number of hydrogen-bond donors (Lipinski definition) is 1. The summed E-state index contributed by atoms with van der Waals surface area (Å²) in [6.07, 6.45) is 21.3. The van der Waals surface area contributed by atoms with E-state index in [4.69, 9.17) is 4.74 Å². The van der Waals surface area contributed by atoms with Gasteiger partial charge < -0.3 is 10.1 Å². The Hall–Kier alpha value is -2.10. The molecule has 1 amide bonds. The molecule has 0 fully saturated rings. The van der Waals surface area contributed by atoms with E-state index in [-0.39, 0.29) is 5.91 Å². The third-order valence-electron chi connectivity index (χ3n) is 5.52. The number of nitrogens with one attached hydrogen (secondary N) is 1. The Kier molecular flexibility index (Phi) is 15.3. The maximum absolute atomic E-state index is 12.2. The second-order valence-corrected chi connectivity index (χ2v) is 8.42. The Morgan fingerprint density at radius 2 is 1.45 bits per heavy atom. The second kappa shape index (κ2) is 17.6. The van der Waals surface area contributed by atoms with Crippen LogP contribution < -0.4 is 5.32 Å². The van der Waals surface area contributed by atoms with Crippen LogP contribution in [0.4, 0.5) is 5.69 Å². The van der Waals surface area contributed by atoms with E-state index in [2.05, 4.69) is 24.4 Å². The predicted molar refractivity (Wildman–Crippen MR) is 131 cm³/mol. The molecule has 0 radical (unpaired) electrons. The van der Waals surface area contributed by atoms with Gasteiger partial charge in [0.1, 0.15) is 0 Å². The minimum Gasteiger partial charge on any atom is -0.465 e. The van der Waals surface area contributed by atoms with E-state index >= 15 is 0 Å². The van der Waals surface area contributed by atoms with Crippen molar-refractivity contribution in [1.82, 2.24) is 0 Å². The number of allylic oxidation sites excluding steroid dienone is 2. The highest BCUT2D eigenvalue weighted by atomic mass is 16.5. The van der Waals surface area contributed by atoms with Crippen LogP contribution in [0.25, 0.3) is 0 Å².